The Morgan fingerprint density at radius 1 is 1.29 bits per heavy atom. The third kappa shape index (κ3) is 2.58. The second kappa shape index (κ2) is 4.99. The number of carbonyl (C=O) groups excluding carboxylic acids is 1. The van der Waals surface area contributed by atoms with E-state index in [-0.39, 0.29) is 22.8 Å². The number of halogens is 1. The number of carbonyl (C=O) groups is 1. The van der Waals surface area contributed by atoms with E-state index in [9.17, 15) is 4.79 Å². The number of nitrogens with two attached hydrogens (primary N) is 1. The van der Waals surface area contributed by atoms with Crippen LogP contribution < -0.4 is 5.73 Å². The topological polar surface area (TPSA) is 46.3 Å². The molecule has 0 spiro atoms. The first-order valence-corrected chi connectivity index (χ1v) is 8.04. The summed E-state index contributed by atoms with van der Waals surface area (Å²) in [4.78, 5) is 15.0. The molecule has 4 heteroatoms. The number of rotatable bonds is 2. The van der Waals surface area contributed by atoms with Crippen molar-refractivity contribution in [3.8, 4) is 0 Å². The van der Waals surface area contributed by atoms with Crippen LogP contribution >= 0.6 is 11.6 Å². The number of hydrogen-bond acceptors (Lipinski definition) is 2. The van der Waals surface area contributed by atoms with Gasteiger partial charge in [0.15, 0.2) is 0 Å². The van der Waals surface area contributed by atoms with E-state index in [2.05, 4.69) is 13.8 Å². The van der Waals surface area contributed by atoms with Crippen LogP contribution in [0.4, 0.5) is 0 Å². The van der Waals surface area contributed by atoms with Crippen LogP contribution in [0.15, 0.2) is 24.3 Å². The molecule has 1 atom stereocenters. The smallest absolute Gasteiger partial charge is 0.233 e. The molecule has 1 aliphatic heterocycles. The Morgan fingerprint density at radius 3 is 2.43 bits per heavy atom. The maximum absolute atomic E-state index is 13.0. The quantitative estimate of drug-likeness (QED) is 0.913. The van der Waals surface area contributed by atoms with E-state index in [1.165, 1.54) is 0 Å². The SMILES string of the molecule is CC1(C)CN(C(=O)C2(c3ccc(Cl)cc3)CC2)CCC1N. The molecule has 1 saturated heterocycles. The monoisotopic (exact) mass is 306 g/mol. The van der Waals surface area contributed by atoms with Crippen molar-refractivity contribution in [1.29, 1.82) is 0 Å². The summed E-state index contributed by atoms with van der Waals surface area (Å²) < 4.78 is 0. The van der Waals surface area contributed by atoms with E-state index < -0.39 is 0 Å². The van der Waals surface area contributed by atoms with Gasteiger partial charge in [-0.2, -0.15) is 0 Å². The van der Waals surface area contributed by atoms with Crippen LogP contribution in [0.2, 0.25) is 5.02 Å². The fourth-order valence-corrected chi connectivity index (χ4v) is 3.50. The molecule has 1 aromatic carbocycles. The Kier molecular flexibility index (Phi) is 3.53. The molecule has 1 heterocycles. The number of nitrogens with zero attached hydrogens (tertiary/aromatic N) is 1. The highest BCUT2D eigenvalue weighted by molar-refractivity contribution is 6.30. The average molecular weight is 307 g/mol. The number of amides is 1. The standard InChI is InChI=1S/C17H23ClN2O/c1-16(2)11-20(10-7-14(16)19)15(21)17(8-9-17)12-3-5-13(18)6-4-12/h3-6,14H,7-11,19H2,1-2H3. The summed E-state index contributed by atoms with van der Waals surface area (Å²) in [6.45, 7) is 5.83. The van der Waals surface area contributed by atoms with Gasteiger partial charge in [0.2, 0.25) is 5.91 Å². The van der Waals surface area contributed by atoms with Gasteiger partial charge in [0.1, 0.15) is 0 Å². The van der Waals surface area contributed by atoms with Crippen LogP contribution in [-0.4, -0.2) is 29.9 Å². The summed E-state index contributed by atoms with van der Waals surface area (Å²) in [6.07, 6.45) is 2.77. The molecule has 3 rings (SSSR count). The summed E-state index contributed by atoms with van der Waals surface area (Å²) in [7, 11) is 0. The minimum Gasteiger partial charge on any atom is -0.341 e. The molecule has 1 aromatic rings. The molecule has 1 unspecified atom stereocenters. The highest BCUT2D eigenvalue weighted by Crippen LogP contribution is 2.50. The Labute approximate surface area is 131 Å². The molecule has 1 amide bonds. The summed E-state index contributed by atoms with van der Waals surface area (Å²) in [6, 6.07) is 7.91. The largest absolute Gasteiger partial charge is 0.341 e. The maximum Gasteiger partial charge on any atom is 0.233 e. The third-order valence-electron chi connectivity index (χ3n) is 5.16. The van der Waals surface area contributed by atoms with Crippen molar-refractivity contribution in [1.82, 2.24) is 4.90 Å². The number of likely N-dealkylation sites (tertiary alicyclic amines) is 1. The van der Waals surface area contributed by atoms with Crippen molar-refractivity contribution >= 4 is 17.5 Å². The van der Waals surface area contributed by atoms with Gasteiger partial charge >= 0.3 is 0 Å². The second-order valence-electron chi connectivity index (χ2n) is 7.20. The number of benzene rings is 1. The lowest BCUT2D eigenvalue weighted by molar-refractivity contribution is -0.137. The van der Waals surface area contributed by atoms with E-state index in [1.807, 2.05) is 29.2 Å². The summed E-state index contributed by atoms with van der Waals surface area (Å²) in [5.41, 5.74) is 6.96. The number of piperidine rings is 1. The van der Waals surface area contributed by atoms with Crippen molar-refractivity contribution in [3.63, 3.8) is 0 Å². The van der Waals surface area contributed by atoms with Gasteiger partial charge in [0, 0.05) is 24.2 Å². The summed E-state index contributed by atoms with van der Waals surface area (Å²) in [5.74, 6) is 0.268. The van der Waals surface area contributed by atoms with E-state index in [1.54, 1.807) is 0 Å². The lowest BCUT2D eigenvalue weighted by atomic mass is 9.79. The van der Waals surface area contributed by atoms with Crippen LogP contribution in [0.1, 0.15) is 38.7 Å². The van der Waals surface area contributed by atoms with E-state index in [0.717, 1.165) is 37.9 Å². The van der Waals surface area contributed by atoms with Gasteiger partial charge < -0.3 is 10.6 Å². The molecule has 0 aromatic heterocycles. The van der Waals surface area contributed by atoms with E-state index in [0.29, 0.717) is 5.02 Å². The third-order valence-corrected chi connectivity index (χ3v) is 5.41. The van der Waals surface area contributed by atoms with Gasteiger partial charge in [-0.3, -0.25) is 4.79 Å². The molecule has 2 N–H and O–H groups in total. The average Bonchev–Trinajstić information content (AvgIpc) is 3.23. The highest BCUT2D eigenvalue weighted by atomic mass is 35.5. The van der Waals surface area contributed by atoms with Crippen molar-refractivity contribution in [2.45, 2.75) is 44.6 Å². The molecule has 2 fully saturated rings. The fraction of sp³-hybridized carbons (Fsp3) is 0.588. The molecular formula is C17H23ClN2O. The molecule has 0 bridgehead atoms. The molecule has 114 valence electrons. The van der Waals surface area contributed by atoms with Crippen LogP contribution in [-0.2, 0) is 10.2 Å². The van der Waals surface area contributed by atoms with Crippen molar-refractivity contribution in [3.05, 3.63) is 34.9 Å². The van der Waals surface area contributed by atoms with Crippen molar-refractivity contribution in [2.75, 3.05) is 13.1 Å². The first-order valence-electron chi connectivity index (χ1n) is 7.66. The first kappa shape index (κ1) is 14.9. The fourth-order valence-electron chi connectivity index (χ4n) is 3.37. The minimum atomic E-state index is -0.303. The molecule has 21 heavy (non-hydrogen) atoms. The van der Waals surface area contributed by atoms with Gasteiger partial charge in [-0.05, 0) is 42.4 Å². The molecular weight excluding hydrogens is 284 g/mol. The Hall–Kier alpha value is -1.06. The predicted octanol–water partition coefficient (Wildman–Crippen LogP) is 2.96. The van der Waals surface area contributed by atoms with E-state index >= 15 is 0 Å². The van der Waals surface area contributed by atoms with Crippen molar-refractivity contribution < 1.29 is 4.79 Å². The molecule has 2 aliphatic rings. The molecule has 1 aliphatic carbocycles. The zero-order valence-electron chi connectivity index (χ0n) is 12.7. The first-order chi connectivity index (χ1) is 9.85. The van der Waals surface area contributed by atoms with Crippen LogP contribution in [0.25, 0.3) is 0 Å². The molecule has 0 radical (unpaired) electrons. The molecule has 1 saturated carbocycles. The zero-order chi connectivity index (χ0) is 15.3. The van der Waals surface area contributed by atoms with Gasteiger partial charge in [0.05, 0.1) is 5.41 Å². The van der Waals surface area contributed by atoms with E-state index in [4.69, 9.17) is 17.3 Å². The van der Waals surface area contributed by atoms with Crippen LogP contribution in [0.3, 0.4) is 0 Å². The second-order valence-corrected chi connectivity index (χ2v) is 7.64. The van der Waals surface area contributed by atoms with Crippen LogP contribution in [0.5, 0.6) is 0 Å². The maximum atomic E-state index is 13.0. The lowest BCUT2D eigenvalue weighted by Crippen LogP contribution is -2.55. The number of hydrogen-bond donors (Lipinski definition) is 1. The van der Waals surface area contributed by atoms with Gasteiger partial charge in [0.25, 0.3) is 0 Å². The zero-order valence-corrected chi connectivity index (χ0v) is 13.5. The Bertz CT molecular complexity index is 548. The summed E-state index contributed by atoms with van der Waals surface area (Å²) >= 11 is 5.95. The van der Waals surface area contributed by atoms with Gasteiger partial charge in [-0.15, -0.1) is 0 Å². The van der Waals surface area contributed by atoms with Gasteiger partial charge in [-0.25, -0.2) is 0 Å². The highest BCUT2D eigenvalue weighted by Gasteiger charge is 2.54. The normalized spacial score (nSPS) is 26.5. The van der Waals surface area contributed by atoms with Crippen LogP contribution in [0, 0.1) is 5.41 Å². The van der Waals surface area contributed by atoms with Crippen molar-refractivity contribution in [2.24, 2.45) is 11.1 Å². The molecule has 3 nitrogen and oxygen atoms in total. The van der Waals surface area contributed by atoms with Gasteiger partial charge in [-0.1, -0.05) is 37.6 Å². The minimum absolute atomic E-state index is 0.00993. The predicted molar refractivity (Wildman–Crippen MR) is 85.3 cm³/mol. The lowest BCUT2D eigenvalue weighted by Gasteiger charge is -2.43. The Morgan fingerprint density at radius 2 is 1.90 bits per heavy atom. The summed E-state index contributed by atoms with van der Waals surface area (Å²) in [5, 5.41) is 0.715. The Balaban J connectivity index is 1.80.